The summed E-state index contributed by atoms with van der Waals surface area (Å²) in [5, 5.41) is 5.37. The van der Waals surface area contributed by atoms with Gasteiger partial charge in [0.15, 0.2) is 5.13 Å². The molecule has 4 nitrogen and oxygen atoms in total. The predicted octanol–water partition coefficient (Wildman–Crippen LogP) is 5.05. The summed E-state index contributed by atoms with van der Waals surface area (Å²) in [5.41, 5.74) is 5.00. The van der Waals surface area contributed by atoms with Crippen molar-refractivity contribution in [1.29, 1.82) is 0 Å². The number of benzene rings is 2. The van der Waals surface area contributed by atoms with Crippen LogP contribution in [0.1, 0.15) is 21.5 Å². The van der Waals surface area contributed by atoms with E-state index in [0.29, 0.717) is 10.7 Å². The fraction of sp³-hybridized carbons (Fsp3) is 0.0455. The van der Waals surface area contributed by atoms with Crippen molar-refractivity contribution in [2.24, 2.45) is 0 Å². The van der Waals surface area contributed by atoms with Crippen LogP contribution in [0.2, 0.25) is 0 Å². The van der Waals surface area contributed by atoms with Gasteiger partial charge in [-0.25, -0.2) is 4.98 Å². The van der Waals surface area contributed by atoms with E-state index in [2.05, 4.69) is 63.8 Å². The Labute approximate surface area is 161 Å². The van der Waals surface area contributed by atoms with Crippen molar-refractivity contribution in [3.63, 3.8) is 0 Å². The Hall–Kier alpha value is -3.31. The van der Waals surface area contributed by atoms with Crippen molar-refractivity contribution >= 4 is 22.4 Å². The highest BCUT2D eigenvalue weighted by atomic mass is 32.1. The molecular formula is C22H17N3OS. The number of amides is 1. The van der Waals surface area contributed by atoms with Gasteiger partial charge in [-0.1, -0.05) is 54.6 Å². The van der Waals surface area contributed by atoms with Gasteiger partial charge in [-0.2, -0.15) is 0 Å². The Morgan fingerprint density at radius 3 is 2.33 bits per heavy atom. The molecule has 132 valence electrons. The first-order chi connectivity index (χ1) is 13.3. The van der Waals surface area contributed by atoms with Gasteiger partial charge in [-0.15, -0.1) is 11.3 Å². The molecule has 2 aromatic carbocycles. The summed E-state index contributed by atoms with van der Waals surface area (Å²) in [7, 11) is 0. The second-order valence-corrected chi connectivity index (χ2v) is 6.95. The minimum Gasteiger partial charge on any atom is -0.298 e. The molecule has 0 aliphatic heterocycles. The predicted molar refractivity (Wildman–Crippen MR) is 109 cm³/mol. The number of hydrogen-bond acceptors (Lipinski definition) is 4. The zero-order valence-corrected chi connectivity index (χ0v) is 15.3. The van der Waals surface area contributed by atoms with Gasteiger partial charge in [0.1, 0.15) is 0 Å². The summed E-state index contributed by atoms with van der Waals surface area (Å²) in [6, 6.07) is 22.1. The van der Waals surface area contributed by atoms with Crippen LogP contribution in [-0.2, 0) is 6.42 Å². The molecule has 4 aromatic rings. The van der Waals surface area contributed by atoms with Crippen LogP contribution in [0.5, 0.6) is 0 Å². The first-order valence-electron chi connectivity index (χ1n) is 8.58. The summed E-state index contributed by atoms with van der Waals surface area (Å²) in [6.45, 7) is 0. The normalized spacial score (nSPS) is 10.5. The van der Waals surface area contributed by atoms with Crippen LogP contribution in [0.3, 0.4) is 0 Å². The van der Waals surface area contributed by atoms with Crippen LogP contribution >= 0.6 is 11.3 Å². The van der Waals surface area contributed by atoms with Crippen LogP contribution in [0.25, 0.3) is 11.3 Å². The average molecular weight is 371 g/mol. The molecule has 4 rings (SSSR count). The molecule has 0 atom stereocenters. The molecule has 0 radical (unpaired) electrons. The van der Waals surface area contributed by atoms with E-state index >= 15 is 0 Å². The maximum Gasteiger partial charge on any atom is 0.257 e. The van der Waals surface area contributed by atoms with Crippen molar-refractivity contribution < 1.29 is 4.79 Å². The number of aromatic nitrogens is 2. The Balaban J connectivity index is 1.44. The van der Waals surface area contributed by atoms with Crippen molar-refractivity contribution in [2.75, 3.05) is 5.32 Å². The zero-order chi connectivity index (χ0) is 18.5. The molecule has 0 bridgehead atoms. The SMILES string of the molecule is O=C(Nc1nc(-c2ccc(Cc3ccccc3)cc2)cs1)c1ccncc1. The van der Waals surface area contributed by atoms with Gasteiger partial charge in [-0.3, -0.25) is 15.1 Å². The number of hydrogen-bond donors (Lipinski definition) is 1. The summed E-state index contributed by atoms with van der Waals surface area (Å²) >= 11 is 1.42. The Morgan fingerprint density at radius 1 is 0.889 bits per heavy atom. The third kappa shape index (κ3) is 4.27. The molecule has 0 aliphatic rings. The minimum atomic E-state index is -0.184. The lowest BCUT2D eigenvalue weighted by Gasteiger charge is -2.03. The van der Waals surface area contributed by atoms with Gasteiger partial charge in [0.2, 0.25) is 0 Å². The second-order valence-electron chi connectivity index (χ2n) is 6.09. The average Bonchev–Trinajstić information content (AvgIpc) is 3.18. The quantitative estimate of drug-likeness (QED) is 0.534. The van der Waals surface area contributed by atoms with Gasteiger partial charge in [0, 0.05) is 28.9 Å². The standard InChI is InChI=1S/C22H17N3OS/c26-21(19-10-12-23-13-11-19)25-22-24-20(15-27-22)18-8-6-17(7-9-18)14-16-4-2-1-3-5-16/h1-13,15H,14H2,(H,24,25,26). The Bertz CT molecular complexity index is 1030. The van der Waals surface area contributed by atoms with E-state index in [0.717, 1.165) is 17.7 Å². The largest absolute Gasteiger partial charge is 0.298 e. The monoisotopic (exact) mass is 371 g/mol. The van der Waals surface area contributed by atoms with E-state index in [9.17, 15) is 4.79 Å². The first kappa shape index (κ1) is 17.1. The number of pyridine rings is 1. The second kappa shape index (κ2) is 7.93. The van der Waals surface area contributed by atoms with Gasteiger partial charge in [-0.05, 0) is 29.7 Å². The molecule has 0 saturated heterocycles. The maximum absolute atomic E-state index is 12.2. The molecule has 1 amide bonds. The first-order valence-corrected chi connectivity index (χ1v) is 9.46. The van der Waals surface area contributed by atoms with Crippen molar-refractivity contribution in [2.45, 2.75) is 6.42 Å². The highest BCUT2D eigenvalue weighted by Gasteiger charge is 2.10. The lowest BCUT2D eigenvalue weighted by Crippen LogP contribution is -2.11. The number of carbonyl (C=O) groups excluding carboxylic acids is 1. The number of carbonyl (C=O) groups is 1. The van der Waals surface area contributed by atoms with E-state index in [1.807, 2.05) is 11.4 Å². The molecule has 0 spiro atoms. The lowest BCUT2D eigenvalue weighted by atomic mass is 10.0. The van der Waals surface area contributed by atoms with Crippen LogP contribution in [0.4, 0.5) is 5.13 Å². The number of nitrogens with zero attached hydrogens (tertiary/aromatic N) is 2. The van der Waals surface area contributed by atoms with E-state index in [1.165, 1.54) is 22.5 Å². The van der Waals surface area contributed by atoms with Gasteiger partial charge in [0.05, 0.1) is 5.69 Å². The number of rotatable bonds is 5. The van der Waals surface area contributed by atoms with E-state index in [4.69, 9.17) is 0 Å². The summed E-state index contributed by atoms with van der Waals surface area (Å²) < 4.78 is 0. The third-order valence-electron chi connectivity index (χ3n) is 4.17. The number of nitrogens with one attached hydrogen (secondary N) is 1. The molecule has 0 unspecified atom stereocenters. The topological polar surface area (TPSA) is 54.9 Å². The molecular weight excluding hydrogens is 354 g/mol. The van der Waals surface area contributed by atoms with Crippen molar-refractivity contribution in [1.82, 2.24) is 9.97 Å². The zero-order valence-electron chi connectivity index (χ0n) is 14.5. The fourth-order valence-corrected chi connectivity index (χ4v) is 3.48. The molecule has 0 aliphatic carbocycles. The Kier molecular flexibility index (Phi) is 5.03. The van der Waals surface area contributed by atoms with Crippen LogP contribution in [0, 0.1) is 0 Å². The lowest BCUT2D eigenvalue weighted by molar-refractivity contribution is 0.102. The summed E-state index contributed by atoms with van der Waals surface area (Å²) in [4.78, 5) is 20.7. The van der Waals surface area contributed by atoms with Crippen LogP contribution in [-0.4, -0.2) is 15.9 Å². The highest BCUT2D eigenvalue weighted by molar-refractivity contribution is 7.14. The smallest absolute Gasteiger partial charge is 0.257 e. The maximum atomic E-state index is 12.2. The molecule has 5 heteroatoms. The molecule has 2 aromatic heterocycles. The van der Waals surface area contributed by atoms with Crippen LogP contribution in [0.15, 0.2) is 84.5 Å². The number of thiazole rings is 1. The summed E-state index contributed by atoms with van der Waals surface area (Å²) in [5.74, 6) is -0.184. The van der Waals surface area contributed by atoms with Crippen molar-refractivity contribution in [3.8, 4) is 11.3 Å². The highest BCUT2D eigenvalue weighted by Crippen LogP contribution is 2.26. The third-order valence-corrected chi connectivity index (χ3v) is 4.93. The number of anilines is 1. The molecule has 27 heavy (non-hydrogen) atoms. The van der Waals surface area contributed by atoms with E-state index < -0.39 is 0 Å². The summed E-state index contributed by atoms with van der Waals surface area (Å²) in [6.07, 6.45) is 4.10. The van der Waals surface area contributed by atoms with Gasteiger partial charge < -0.3 is 0 Å². The Morgan fingerprint density at radius 2 is 1.59 bits per heavy atom. The van der Waals surface area contributed by atoms with Gasteiger partial charge >= 0.3 is 0 Å². The molecule has 0 saturated carbocycles. The molecule has 2 heterocycles. The van der Waals surface area contributed by atoms with E-state index in [-0.39, 0.29) is 5.91 Å². The van der Waals surface area contributed by atoms with E-state index in [1.54, 1.807) is 24.5 Å². The van der Waals surface area contributed by atoms with Gasteiger partial charge in [0.25, 0.3) is 5.91 Å². The van der Waals surface area contributed by atoms with Crippen molar-refractivity contribution in [3.05, 3.63) is 101 Å². The minimum absolute atomic E-state index is 0.184. The van der Waals surface area contributed by atoms with Crippen LogP contribution < -0.4 is 5.32 Å². The molecule has 0 fully saturated rings. The fourth-order valence-electron chi connectivity index (χ4n) is 2.76. The molecule has 1 N–H and O–H groups in total.